The van der Waals surface area contributed by atoms with Crippen molar-refractivity contribution in [3.05, 3.63) is 30.3 Å². The van der Waals surface area contributed by atoms with Gasteiger partial charge in [0.05, 0.1) is 17.5 Å². The third kappa shape index (κ3) is 4.70. The highest BCUT2D eigenvalue weighted by atomic mass is 32.2. The molecule has 0 radical (unpaired) electrons. The molecule has 1 N–H and O–H groups in total. The lowest BCUT2D eigenvalue weighted by Crippen LogP contribution is -2.44. The number of benzene rings is 1. The summed E-state index contributed by atoms with van der Waals surface area (Å²) in [5, 5.41) is 3.63. The van der Waals surface area contributed by atoms with Crippen LogP contribution >= 0.6 is 0 Å². The molecule has 27 heavy (non-hydrogen) atoms. The molecule has 2 heterocycles. The van der Waals surface area contributed by atoms with Crippen LogP contribution < -0.4 is 10.3 Å². The Bertz CT molecular complexity index is 881. The predicted molar refractivity (Wildman–Crippen MR) is 96.8 cm³/mol. The number of hydrogen-bond acceptors (Lipinski definition) is 7. The summed E-state index contributed by atoms with van der Waals surface area (Å²) in [5.74, 6) is -1.70. The molecule has 0 bridgehead atoms. The van der Waals surface area contributed by atoms with Crippen molar-refractivity contribution in [3.8, 4) is 0 Å². The number of ether oxygens (including phenoxy) is 1. The predicted octanol–water partition coefficient (Wildman–Crippen LogP) is 0.0159. The molecule has 10 heteroatoms. The summed E-state index contributed by atoms with van der Waals surface area (Å²) < 4.78 is 28.7. The maximum Gasteiger partial charge on any atom is 0.355 e. The Balaban J connectivity index is 1.70. The molecule has 1 saturated heterocycles. The number of nitrogens with zero attached hydrogens (tertiary/aromatic N) is 2. The fourth-order valence-corrected chi connectivity index (χ4v) is 4.73. The van der Waals surface area contributed by atoms with Gasteiger partial charge >= 0.3 is 5.97 Å². The number of sulfone groups is 1. The van der Waals surface area contributed by atoms with Gasteiger partial charge in [-0.2, -0.15) is 5.10 Å². The molecule has 9 nitrogen and oxygen atoms in total. The van der Waals surface area contributed by atoms with Crippen LogP contribution in [-0.2, 0) is 29.0 Å². The quantitative estimate of drug-likeness (QED) is 0.704. The minimum Gasteiger partial charge on any atom is -0.451 e. The van der Waals surface area contributed by atoms with Crippen molar-refractivity contribution >= 4 is 39.0 Å². The summed E-state index contributed by atoms with van der Waals surface area (Å²) in [6.07, 6.45) is 0.593. The van der Waals surface area contributed by atoms with Crippen LogP contribution in [-0.4, -0.2) is 56.1 Å². The molecule has 2 amide bonds. The first-order chi connectivity index (χ1) is 12.9. The van der Waals surface area contributed by atoms with Gasteiger partial charge in [0.1, 0.15) is 5.71 Å². The second-order valence-electron chi connectivity index (χ2n) is 6.33. The van der Waals surface area contributed by atoms with Crippen molar-refractivity contribution in [1.29, 1.82) is 0 Å². The minimum atomic E-state index is -3.20. The summed E-state index contributed by atoms with van der Waals surface area (Å²) >= 11 is 0. The fraction of sp³-hybridized carbons (Fsp3) is 0.412. The van der Waals surface area contributed by atoms with Gasteiger partial charge in [-0.05, 0) is 18.6 Å². The van der Waals surface area contributed by atoms with Crippen molar-refractivity contribution in [2.75, 3.05) is 23.0 Å². The van der Waals surface area contributed by atoms with Crippen LogP contribution in [0.1, 0.15) is 19.3 Å². The highest BCUT2D eigenvalue weighted by Gasteiger charge is 2.36. The molecule has 1 atom stereocenters. The zero-order valence-electron chi connectivity index (χ0n) is 14.5. The number of anilines is 1. The lowest BCUT2D eigenvalue weighted by Gasteiger charge is -2.28. The molecule has 2 aliphatic heterocycles. The van der Waals surface area contributed by atoms with Crippen LogP contribution in [0.25, 0.3) is 0 Å². The van der Waals surface area contributed by atoms with Crippen LogP contribution in [0.2, 0.25) is 0 Å². The zero-order chi connectivity index (χ0) is 19.4. The van der Waals surface area contributed by atoms with Crippen LogP contribution in [0.15, 0.2) is 35.4 Å². The summed E-state index contributed by atoms with van der Waals surface area (Å²) in [6.45, 7) is -0.544. The van der Waals surface area contributed by atoms with E-state index >= 15 is 0 Å². The fourth-order valence-electron chi connectivity index (χ4n) is 3.03. The van der Waals surface area contributed by atoms with Crippen molar-refractivity contribution in [2.45, 2.75) is 25.3 Å². The number of carbonyl (C=O) groups excluding carboxylic acids is 3. The molecule has 1 aromatic rings. The lowest BCUT2D eigenvalue weighted by molar-refractivity contribution is -0.141. The zero-order valence-corrected chi connectivity index (χ0v) is 15.3. The monoisotopic (exact) mass is 393 g/mol. The van der Waals surface area contributed by atoms with Gasteiger partial charge in [-0.1, -0.05) is 18.2 Å². The number of nitrogens with one attached hydrogen (secondary N) is 1. The molecule has 0 aliphatic carbocycles. The molecule has 3 rings (SSSR count). The topological polar surface area (TPSA) is 122 Å². The van der Waals surface area contributed by atoms with Gasteiger partial charge in [0.15, 0.2) is 16.4 Å². The third-order valence-electron chi connectivity index (χ3n) is 4.34. The Morgan fingerprint density at radius 2 is 1.96 bits per heavy atom. The average Bonchev–Trinajstić information content (AvgIpc) is 3.00. The highest BCUT2D eigenvalue weighted by molar-refractivity contribution is 7.91. The first-order valence-corrected chi connectivity index (χ1v) is 10.3. The first kappa shape index (κ1) is 19.0. The van der Waals surface area contributed by atoms with Gasteiger partial charge in [-0.3, -0.25) is 9.59 Å². The maximum absolute atomic E-state index is 12.7. The van der Waals surface area contributed by atoms with Crippen LogP contribution in [0.4, 0.5) is 5.69 Å². The molecule has 144 valence electrons. The highest BCUT2D eigenvalue weighted by Crippen LogP contribution is 2.24. The largest absolute Gasteiger partial charge is 0.451 e. The average molecular weight is 393 g/mol. The number of hydrogen-bond donors (Lipinski definition) is 1. The van der Waals surface area contributed by atoms with E-state index in [-0.39, 0.29) is 36.0 Å². The van der Waals surface area contributed by atoms with E-state index in [1.165, 1.54) is 4.90 Å². The smallest absolute Gasteiger partial charge is 0.355 e. The molecule has 0 unspecified atom stereocenters. The molecule has 0 saturated carbocycles. The minimum absolute atomic E-state index is 0.0184. The standard InChI is InChI=1S/C17H19N3O6S/c21-15-7-6-14(18-19-15)17(23)26-10-16(22)20(12-4-2-1-3-5-12)13-8-9-27(24,25)11-13/h1-5,13H,6-11H2,(H,19,21)/t13-/m0/s1. The third-order valence-corrected chi connectivity index (χ3v) is 6.09. The Morgan fingerprint density at radius 1 is 1.22 bits per heavy atom. The summed E-state index contributed by atoms with van der Waals surface area (Å²) in [6, 6.07) is 8.16. The SMILES string of the molecule is O=C1CCC(C(=O)OCC(=O)N(c2ccccc2)[C@H]2CCS(=O)(=O)C2)=NN1. The van der Waals surface area contributed by atoms with Crippen LogP contribution in [0.5, 0.6) is 0 Å². The Hall–Kier alpha value is -2.75. The van der Waals surface area contributed by atoms with E-state index in [9.17, 15) is 22.8 Å². The van der Waals surface area contributed by atoms with E-state index in [4.69, 9.17) is 4.74 Å². The lowest BCUT2D eigenvalue weighted by atomic mass is 10.1. The van der Waals surface area contributed by atoms with Crippen LogP contribution in [0, 0.1) is 0 Å². The number of esters is 1. The van der Waals surface area contributed by atoms with Crippen molar-refractivity contribution in [3.63, 3.8) is 0 Å². The van der Waals surface area contributed by atoms with E-state index in [0.29, 0.717) is 12.1 Å². The Labute approximate surface area is 156 Å². The van der Waals surface area contributed by atoms with Gasteiger partial charge in [-0.15, -0.1) is 0 Å². The Morgan fingerprint density at radius 3 is 2.56 bits per heavy atom. The Kier molecular flexibility index (Phi) is 5.54. The van der Waals surface area contributed by atoms with E-state index < -0.39 is 34.4 Å². The van der Waals surface area contributed by atoms with E-state index in [1.54, 1.807) is 30.3 Å². The number of rotatable bonds is 5. The normalized spacial score (nSPS) is 21.1. The van der Waals surface area contributed by atoms with E-state index in [2.05, 4.69) is 10.5 Å². The van der Waals surface area contributed by atoms with Gasteiger partial charge < -0.3 is 9.64 Å². The summed E-state index contributed by atoms with van der Waals surface area (Å²) in [7, 11) is -3.20. The molecule has 1 fully saturated rings. The van der Waals surface area contributed by atoms with Gasteiger partial charge in [0, 0.05) is 18.5 Å². The maximum atomic E-state index is 12.7. The van der Waals surface area contributed by atoms with E-state index in [0.717, 1.165) is 0 Å². The van der Waals surface area contributed by atoms with Crippen molar-refractivity contribution in [1.82, 2.24) is 5.43 Å². The van der Waals surface area contributed by atoms with Crippen molar-refractivity contribution in [2.24, 2.45) is 5.10 Å². The first-order valence-electron chi connectivity index (χ1n) is 8.46. The molecule has 0 aromatic heterocycles. The van der Waals surface area contributed by atoms with Gasteiger partial charge in [-0.25, -0.2) is 18.6 Å². The van der Waals surface area contributed by atoms with E-state index in [1.807, 2.05) is 0 Å². The van der Waals surface area contributed by atoms with Gasteiger partial charge in [0.2, 0.25) is 5.91 Å². The molecular formula is C17H19N3O6S. The van der Waals surface area contributed by atoms with Crippen molar-refractivity contribution < 1.29 is 27.5 Å². The number of para-hydroxylation sites is 1. The number of hydrazone groups is 1. The number of amides is 2. The summed E-state index contributed by atoms with van der Waals surface area (Å²) in [5.41, 5.74) is 2.77. The number of carbonyl (C=O) groups is 3. The second-order valence-corrected chi connectivity index (χ2v) is 8.55. The molecule has 1 aromatic carbocycles. The molecule has 0 spiro atoms. The summed E-state index contributed by atoms with van der Waals surface area (Å²) in [4.78, 5) is 37.2. The second kappa shape index (κ2) is 7.87. The van der Waals surface area contributed by atoms with Crippen LogP contribution in [0.3, 0.4) is 0 Å². The molecular weight excluding hydrogens is 374 g/mol. The molecule has 2 aliphatic rings. The van der Waals surface area contributed by atoms with Gasteiger partial charge in [0.25, 0.3) is 5.91 Å².